The van der Waals surface area contributed by atoms with Crippen LogP contribution in [0, 0.1) is 0 Å². The van der Waals surface area contributed by atoms with Gasteiger partial charge in [-0.3, -0.25) is 0 Å². The summed E-state index contributed by atoms with van der Waals surface area (Å²) in [6.07, 6.45) is 1.50. The molecule has 0 atom stereocenters. The van der Waals surface area contributed by atoms with Crippen LogP contribution in [0.1, 0.15) is 5.56 Å². The predicted octanol–water partition coefficient (Wildman–Crippen LogP) is 2.42. The minimum absolute atomic E-state index is 0.503. The van der Waals surface area contributed by atoms with Gasteiger partial charge in [-0.1, -0.05) is 23.7 Å². The summed E-state index contributed by atoms with van der Waals surface area (Å²) in [4.78, 5) is 10.6. The molecule has 1 heterocycles. The summed E-state index contributed by atoms with van der Waals surface area (Å²) in [5.74, 6) is 1.27. The number of rotatable bonds is 10. The number of nitrogens with two attached hydrogens (primary N) is 1. The Morgan fingerprint density at radius 3 is 2.32 bits per heavy atom. The van der Waals surface area contributed by atoms with Crippen LogP contribution in [0.3, 0.4) is 0 Å². The van der Waals surface area contributed by atoms with Crippen LogP contribution < -0.4 is 16.0 Å². The molecule has 0 spiro atoms. The zero-order valence-corrected chi connectivity index (χ0v) is 15.3. The Kier molecular flexibility index (Phi) is 7.72. The zero-order valence-electron chi connectivity index (χ0n) is 14.5. The summed E-state index contributed by atoms with van der Waals surface area (Å²) < 4.78 is 10.3. The summed E-state index contributed by atoms with van der Waals surface area (Å²) in [7, 11) is 3.33. The number of hydrogen-bond acceptors (Lipinski definition) is 7. The quantitative estimate of drug-likeness (QED) is 0.668. The largest absolute Gasteiger partial charge is 0.393 e. The van der Waals surface area contributed by atoms with Crippen molar-refractivity contribution in [1.29, 1.82) is 0 Å². The first-order valence-corrected chi connectivity index (χ1v) is 8.35. The van der Waals surface area contributed by atoms with Crippen LogP contribution in [0.5, 0.6) is 0 Å². The lowest BCUT2D eigenvalue weighted by Gasteiger charge is -2.25. The molecular formula is C17H24ClN5O2. The highest BCUT2D eigenvalue weighted by Gasteiger charge is 2.15. The Morgan fingerprint density at radius 1 is 1.08 bits per heavy atom. The van der Waals surface area contributed by atoms with E-state index in [9.17, 15) is 0 Å². The second-order valence-corrected chi connectivity index (χ2v) is 5.85. The lowest BCUT2D eigenvalue weighted by molar-refractivity contribution is 0.190. The van der Waals surface area contributed by atoms with Crippen LogP contribution in [0.15, 0.2) is 30.6 Å². The van der Waals surface area contributed by atoms with Crippen LogP contribution in [0.25, 0.3) is 0 Å². The van der Waals surface area contributed by atoms with Gasteiger partial charge in [-0.25, -0.2) is 9.97 Å². The molecular weight excluding hydrogens is 342 g/mol. The van der Waals surface area contributed by atoms with Gasteiger partial charge in [0.1, 0.15) is 12.0 Å². The number of anilines is 3. The Hall–Kier alpha value is -2.09. The van der Waals surface area contributed by atoms with Gasteiger partial charge in [-0.05, 0) is 17.7 Å². The number of nitrogen functional groups attached to an aromatic ring is 1. The topological polar surface area (TPSA) is 85.5 Å². The molecule has 0 aliphatic heterocycles. The van der Waals surface area contributed by atoms with Crippen LogP contribution in [0.2, 0.25) is 5.02 Å². The van der Waals surface area contributed by atoms with Crippen molar-refractivity contribution in [1.82, 2.24) is 9.97 Å². The lowest BCUT2D eigenvalue weighted by Crippen LogP contribution is -2.32. The molecule has 0 aliphatic rings. The Morgan fingerprint density at radius 2 is 1.72 bits per heavy atom. The van der Waals surface area contributed by atoms with E-state index in [1.807, 2.05) is 29.2 Å². The fourth-order valence-electron chi connectivity index (χ4n) is 2.29. The smallest absolute Gasteiger partial charge is 0.157 e. The zero-order chi connectivity index (χ0) is 18.1. The summed E-state index contributed by atoms with van der Waals surface area (Å²) in [5.41, 5.74) is 7.87. The molecule has 0 saturated carbocycles. The molecule has 2 aromatic rings. The molecule has 25 heavy (non-hydrogen) atoms. The molecule has 7 nitrogen and oxygen atoms in total. The number of aromatic nitrogens is 2. The van der Waals surface area contributed by atoms with Crippen LogP contribution >= 0.6 is 11.6 Å². The molecule has 0 amide bonds. The highest BCUT2D eigenvalue weighted by atomic mass is 35.5. The maximum atomic E-state index is 6.28. The molecule has 0 saturated heterocycles. The Balaban J connectivity index is 2.11. The van der Waals surface area contributed by atoms with Gasteiger partial charge >= 0.3 is 0 Å². The molecule has 0 fully saturated rings. The maximum absolute atomic E-state index is 6.28. The molecule has 3 N–H and O–H groups in total. The SMILES string of the molecule is COCCN(CCOC)c1ncnc(NCc2ccc(Cl)cc2)c1N. The van der Waals surface area contributed by atoms with Gasteiger partial charge in [0.05, 0.1) is 13.2 Å². The van der Waals surface area contributed by atoms with E-state index in [0.29, 0.717) is 55.2 Å². The second-order valence-electron chi connectivity index (χ2n) is 5.41. The number of benzene rings is 1. The van der Waals surface area contributed by atoms with Gasteiger partial charge in [-0.15, -0.1) is 0 Å². The highest BCUT2D eigenvalue weighted by molar-refractivity contribution is 6.30. The number of halogens is 1. The number of hydrogen-bond donors (Lipinski definition) is 2. The van der Waals surface area contributed by atoms with E-state index in [1.165, 1.54) is 6.33 Å². The summed E-state index contributed by atoms with van der Waals surface area (Å²) in [6.45, 7) is 3.06. The number of ether oxygens (including phenoxy) is 2. The van der Waals surface area contributed by atoms with E-state index < -0.39 is 0 Å². The molecule has 0 bridgehead atoms. The summed E-state index contributed by atoms with van der Waals surface area (Å²) >= 11 is 5.91. The van der Waals surface area contributed by atoms with Crippen molar-refractivity contribution in [2.24, 2.45) is 0 Å². The fourth-order valence-corrected chi connectivity index (χ4v) is 2.42. The minimum atomic E-state index is 0.503. The van der Waals surface area contributed by atoms with E-state index in [4.69, 9.17) is 26.8 Å². The molecule has 0 radical (unpaired) electrons. The van der Waals surface area contributed by atoms with Crippen LogP contribution in [0.4, 0.5) is 17.3 Å². The fraction of sp³-hybridized carbons (Fsp3) is 0.412. The maximum Gasteiger partial charge on any atom is 0.157 e. The predicted molar refractivity (Wildman–Crippen MR) is 101 cm³/mol. The standard InChI is InChI=1S/C17H24ClN5O2/c1-24-9-7-23(8-10-25-2)17-15(19)16(21-12-22-17)20-11-13-3-5-14(18)6-4-13/h3-6,12H,7-11,19H2,1-2H3,(H,20,21,22). The first-order valence-electron chi connectivity index (χ1n) is 7.97. The molecule has 1 aromatic carbocycles. The lowest BCUT2D eigenvalue weighted by atomic mass is 10.2. The van der Waals surface area contributed by atoms with Crippen molar-refractivity contribution < 1.29 is 9.47 Å². The van der Waals surface area contributed by atoms with Crippen molar-refractivity contribution in [3.8, 4) is 0 Å². The van der Waals surface area contributed by atoms with E-state index in [-0.39, 0.29) is 0 Å². The summed E-state index contributed by atoms with van der Waals surface area (Å²) in [5, 5.41) is 3.96. The van der Waals surface area contributed by atoms with Crippen molar-refractivity contribution in [2.45, 2.75) is 6.54 Å². The van der Waals surface area contributed by atoms with Crippen molar-refractivity contribution >= 4 is 28.9 Å². The molecule has 2 rings (SSSR count). The Bertz CT molecular complexity index is 646. The molecule has 0 aliphatic carbocycles. The van der Waals surface area contributed by atoms with E-state index in [1.54, 1.807) is 14.2 Å². The molecule has 0 unspecified atom stereocenters. The Labute approximate surface area is 153 Å². The minimum Gasteiger partial charge on any atom is -0.393 e. The monoisotopic (exact) mass is 365 g/mol. The molecule has 8 heteroatoms. The third-order valence-electron chi connectivity index (χ3n) is 3.67. The van der Waals surface area contributed by atoms with Crippen molar-refractivity contribution in [3.05, 3.63) is 41.2 Å². The number of nitrogens with one attached hydrogen (secondary N) is 1. The third-order valence-corrected chi connectivity index (χ3v) is 3.92. The average Bonchev–Trinajstić information content (AvgIpc) is 2.63. The molecule has 1 aromatic heterocycles. The van der Waals surface area contributed by atoms with Gasteiger partial charge in [0.2, 0.25) is 0 Å². The van der Waals surface area contributed by atoms with Crippen molar-refractivity contribution in [2.75, 3.05) is 56.5 Å². The average molecular weight is 366 g/mol. The van der Waals surface area contributed by atoms with Crippen LogP contribution in [-0.4, -0.2) is 50.5 Å². The summed E-state index contributed by atoms with van der Waals surface area (Å²) in [6, 6.07) is 7.61. The van der Waals surface area contributed by atoms with Gasteiger partial charge in [0.15, 0.2) is 11.6 Å². The van der Waals surface area contributed by atoms with Gasteiger partial charge < -0.3 is 25.4 Å². The first-order chi connectivity index (χ1) is 12.2. The third kappa shape index (κ3) is 5.74. The van der Waals surface area contributed by atoms with Gasteiger partial charge in [0, 0.05) is 38.9 Å². The van der Waals surface area contributed by atoms with Crippen LogP contribution in [-0.2, 0) is 16.0 Å². The first kappa shape index (κ1) is 19.2. The number of nitrogens with zero attached hydrogens (tertiary/aromatic N) is 3. The van der Waals surface area contributed by atoms with Gasteiger partial charge in [0.25, 0.3) is 0 Å². The van der Waals surface area contributed by atoms with E-state index in [0.717, 1.165) is 5.56 Å². The van der Waals surface area contributed by atoms with E-state index in [2.05, 4.69) is 15.3 Å². The normalized spacial score (nSPS) is 10.7. The van der Waals surface area contributed by atoms with Crippen molar-refractivity contribution in [3.63, 3.8) is 0 Å². The molecule has 136 valence electrons. The number of methoxy groups -OCH3 is 2. The van der Waals surface area contributed by atoms with Gasteiger partial charge in [-0.2, -0.15) is 0 Å². The highest BCUT2D eigenvalue weighted by Crippen LogP contribution is 2.26. The second kappa shape index (κ2) is 10.0. The van der Waals surface area contributed by atoms with E-state index >= 15 is 0 Å².